The van der Waals surface area contributed by atoms with Crippen molar-refractivity contribution in [2.24, 2.45) is 5.92 Å². The number of halogens is 1. The van der Waals surface area contributed by atoms with Gasteiger partial charge in [-0.3, -0.25) is 0 Å². The first-order valence-corrected chi connectivity index (χ1v) is 6.11. The van der Waals surface area contributed by atoms with E-state index in [0.717, 1.165) is 12.8 Å². The molecule has 0 spiro atoms. The third kappa shape index (κ3) is 4.73. The molecule has 0 aliphatic rings. The summed E-state index contributed by atoms with van der Waals surface area (Å²) in [7, 11) is 0. The molecule has 0 bridgehead atoms. The van der Waals surface area contributed by atoms with Crippen LogP contribution in [0.1, 0.15) is 45.3 Å². The number of ether oxygens (including phenoxy) is 1. The molecule has 0 aliphatic heterocycles. The molecular formula is C14H21FO2. The molecule has 3 heteroatoms. The van der Waals surface area contributed by atoms with Crippen molar-refractivity contribution >= 4 is 0 Å². The number of hydrogen-bond acceptors (Lipinski definition) is 2. The van der Waals surface area contributed by atoms with Crippen LogP contribution >= 0.6 is 0 Å². The molecule has 1 atom stereocenters. The smallest absolute Gasteiger partial charge is 0.125 e. The van der Waals surface area contributed by atoms with Gasteiger partial charge in [0.2, 0.25) is 0 Å². The average molecular weight is 240 g/mol. The van der Waals surface area contributed by atoms with E-state index >= 15 is 0 Å². The molecule has 0 saturated heterocycles. The predicted molar refractivity (Wildman–Crippen MR) is 66.6 cm³/mol. The van der Waals surface area contributed by atoms with E-state index in [9.17, 15) is 9.50 Å². The van der Waals surface area contributed by atoms with Crippen molar-refractivity contribution in [3.8, 4) is 5.75 Å². The number of rotatable bonds is 6. The van der Waals surface area contributed by atoms with Crippen LogP contribution in [-0.2, 0) is 0 Å². The van der Waals surface area contributed by atoms with Crippen molar-refractivity contribution in [2.45, 2.75) is 39.7 Å². The summed E-state index contributed by atoms with van der Waals surface area (Å²) in [5.74, 6) is 0.878. The lowest BCUT2D eigenvalue weighted by atomic mass is 10.1. The second-order valence-corrected chi connectivity index (χ2v) is 4.74. The van der Waals surface area contributed by atoms with Gasteiger partial charge in [-0.05, 0) is 43.9 Å². The molecule has 0 heterocycles. The SMILES string of the molecule is CC(C)CCCOc1ccc(F)cc1[C@@H](C)O. The molecule has 0 aliphatic carbocycles. The molecule has 17 heavy (non-hydrogen) atoms. The fourth-order valence-corrected chi connectivity index (χ4v) is 1.65. The molecule has 2 nitrogen and oxygen atoms in total. The van der Waals surface area contributed by atoms with Gasteiger partial charge in [0.05, 0.1) is 12.7 Å². The molecule has 0 aromatic heterocycles. The van der Waals surface area contributed by atoms with Crippen molar-refractivity contribution in [3.63, 3.8) is 0 Å². The lowest BCUT2D eigenvalue weighted by molar-refractivity contribution is 0.190. The van der Waals surface area contributed by atoms with Crippen LogP contribution in [0.4, 0.5) is 4.39 Å². The van der Waals surface area contributed by atoms with Crippen LogP contribution in [0.2, 0.25) is 0 Å². The maximum absolute atomic E-state index is 13.0. The van der Waals surface area contributed by atoms with Crippen molar-refractivity contribution in [2.75, 3.05) is 6.61 Å². The Hall–Kier alpha value is -1.09. The van der Waals surface area contributed by atoms with E-state index < -0.39 is 6.10 Å². The lowest BCUT2D eigenvalue weighted by Gasteiger charge is -2.14. The Balaban J connectivity index is 2.58. The van der Waals surface area contributed by atoms with Gasteiger partial charge in [-0.1, -0.05) is 13.8 Å². The molecule has 0 radical (unpaired) electrons. The van der Waals surface area contributed by atoms with E-state index in [4.69, 9.17) is 4.74 Å². The summed E-state index contributed by atoms with van der Waals surface area (Å²) in [6.07, 6.45) is 1.35. The Kier molecular flexibility index (Phi) is 5.42. The van der Waals surface area contributed by atoms with Crippen LogP contribution in [-0.4, -0.2) is 11.7 Å². The Morgan fingerprint density at radius 1 is 1.29 bits per heavy atom. The molecule has 0 saturated carbocycles. The first kappa shape index (κ1) is 14.0. The zero-order valence-corrected chi connectivity index (χ0v) is 10.7. The number of aliphatic hydroxyl groups is 1. The summed E-state index contributed by atoms with van der Waals surface area (Å²) in [6, 6.07) is 4.25. The summed E-state index contributed by atoms with van der Waals surface area (Å²) in [4.78, 5) is 0. The molecule has 1 aromatic carbocycles. The Morgan fingerprint density at radius 3 is 2.59 bits per heavy atom. The van der Waals surface area contributed by atoms with E-state index in [1.165, 1.54) is 12.1 Å². The normalized spacial score (nSPS) is 12.8. The van der Waals surface area contributed by atoms with E-state index in [2.05, 4.69) is 13.8 Å². The lowest BCUT2D eigenvalue weighted by Crippen LogP contribution is -2.04. The first-order valence-electron chi connectivity index (χ1n) is 6.11. The van der Waals surface area contributed by atoms with Crippen LogP contribution in [0.25, 0.3) is 0 Å². The zero-order chi connectivity index (χ0) is 12.8. The maximum Gasteiger partial charge on any atom is 0.125 e. The summed E-state index contributed by atoms with van der Waals surface area (Å²) >= 11 is 0. The molecule has 1 N–H and O–H groups in total. The highest BCUT2D eigenvalue weighted by Gasteiger charge is 2.10. The molecule has 96 valence electrons. The highest BCUT2D eigenvalue weighted by molar-refractivity contribution is 5.35. The highest BCUT2D eigenvalue weighted by Crippen LogP contribution is 2.26. The molecular weight excluding hydrogens is 219 g/mol. The minimum absolute atomic E-state index is 0.351. The molecule has 0 fully saturated rings. The summed E-state index contributed by atoms with van der Waals surface area (Å²) in [5.41, 5.74) is 0.509. The second-order valence-electron chi connectivity index (χ2n) is 4.74. The van der Waals surface area contributed by atoms with Crippen LogP contribution in [0.15, 0.2) is 18.2 Å². The van der Waals surface area contributed by atoms with Crippen LogP contribution in [0.3, 0.4) is 0 Å². The van der Waals surface area contributed by atoms with Crippen LogP contribution in [0, 0.1) is 11.7 Å². The van der Waals surface area contributed by atoms with E-state index in [0.29, 0.717) is 23.8 Å². The maximum atomic E-state index is 13.0. The summed E-state index contributed by atoms with van der Waals surface area (Å²) in [5, 5.41) is 9.53. The minimum Gasteiger partial charge on any atom is -0.493 e. The van der Waals surface area contributed by atoms with Gasteiger partial charge in [0, 0.05) is 5.56 Å². The van der Waals surface area contributed by atoms with Gasteiger partial charge in [0.1, 0.15) is 11.6 Å². The zero-order valence-electron chi connectivity index (χ0n) is 10.7. The Labute approximate surface area is 102 Å². The quantitative estimate of drug-likeness (QED) is 0.768. The fraction of sp³-hybridized carbons (Fsp3) is 0.571. The van der Waals surface area contributed by atoms with Gasteiger partial charge in [0.15, 0.2) is 0 Å². The third-order valence-corrected chi connectivity index (χ3v) is 2.61. The van der Waals surface area contributed by atoms with Crippen molar-refractivity contribution < 1.29 is 14.2 Å². The van der Waals surface area contributed by atoms with Gasteiger partial charge in [-0.2, -0.15) is 0 Å². The largest absolute Gasteiger partial charge is 0.493 e. The van der Waals surface area contributed by atoms with Gasteiger partial charge >= 0.3 is 0 Å². The number of hydrogen-bond donors (Lipinski definition) is 1. The standard InChI is InChI=1S/C14H21FO2/c1-10(2)5-4-8-17-14-7-6-12(15)9-13(14)11(3)16/h6-7,9-11,16H,4-5,8H2,1-3H3/t11-/m1/s1. The van der Waals surface area contributed by atoms with E-state index in [1.807, 2.05) is 0 Å². The van der Waals surface area contributed by atoms with Crippen molar-refractivity contribution in [1.29, 1.82) is 0 Å². The number of benzene rings is 1. The van der Waals surface area contributed by atoms with E-state index in [1.54, 1.807) is 13.0 Å². The number of aliphatic hydroxyl groups excluding tert-OH is 1. The Bertz CT molecular complexity index is 348. The predicted octanol–water partition coefficient (Wildman–Crippen LogP) is 3.69. The Morgan fingerprint density at radius 2 is 2.00 bits per heavy atom. The minimum atomic E-state index is -0.717. The topological polar surface area (TPSA) is 29.5 Å². The molecule has 1 rings (SSSR count). The first-order chi connectivity index (χ1) is 8.00. The second kappa shape index (κ2) is 6.60. The third-order valence-electron chi connectivity index (χ3n) is 2.61. The van der Waals surface area contributed by atoms with Gasteiger partial charge in [-0.25, -0.2) is 4.39 Å². The van der Waals surface area contributed by atoms with Crippen molar-refractivity contribution in [1.82, 2.24) is 0 Å². The fourth-order valence-electron chi connectivity index (χ4n) is 1.65. The summed E-state index contributed by atoms with van der Waals surface area (Å²) < 4.78 is 18.6. The van der Waals surface area contributed by atoms with Gasteiger partial charge < -0.3 is 9.84 Å². The monoisotopic (exact) mass is 240 g/mol. The molecule has 1 aromatic rings. The molecule has 0 amide bonds. The van der Waals surface area contributed by atoms with Crippen LogP contribution < -0.4 is 4.74 Å². The van der Waals surface area contributed by atoms with Crippen LogP contribution in [0.5, 0.6) is 5.75 Å². The van der Waals surface area contributed by atoms with Gasteiger partial charge in [-0.15, -0.1) is 0 Å². The molecule has 0 unspecified atom stereocenters. The average Bonchev–Trinajstić information content (AvgIpc) is 2.25. The van der Waals surface area contributed by atoms with E-state index in [-0.39, 0.29) is 5.82 Å². The highest BCUT2D eigenvalue weighted by atomic mass is 19.1. The summed E-state index contributed by atoms with van der Waals surface area (Å²) in [6.45, 7) is 6.54. The van der Waals surface area contributed by atoms with Gasteiger partial charge in [0.25, 0.3) is 0 Å². The van der Waals surface area contributed by atoms with Crippen molar-refractivity contribution in [3.05, 3.63) is 29.6 Å².